The fourth-order valence-electron chi connectivity index (χ4n) is 2.63. The Morgan fingerprint density at radius 2 is 1.60 bits per heavy atom. The second-order valence-electron chi connectivity index (χ2n) is 6.32. The normalized spacial score (nSPS) is 11.1. The maximum atomic E-state index is 12.5. The van der Waals surface area contributed by atoms with E-state index in [9.17, 15) is 18.0 Å². The molecule has 0 aliphatic carbocycles. The Balaban J connectivity index is 1.66. The zero-order valence-corrected chi connectivity index (χ0v) is 18.1. The maximum absolute atomic E-state index is 12.5. The molecule has 0 unspecified atom stereocenters. The lowest BCUT2D eigenvalue weighted by Gasteiger charge is -2.09. The van der Waals surface area contributed by atoms with Gasteiger partial charge in [-0.25, -0.2) is 17.9 Å². The molecule has 3 aromatic rings. The van der Waals surface area contributed by atoms with Gasteiger partial charge in [-0.1, -0.05) is 70.5 Å². The molecule has 0 atom stereocenters. The van der Waals surface area contributed by atoms with Gasteiger partial charge >= 0.3 is 5.97 Å². The predicted octanol–water partition coefficient (Wildman–Crippen LogP) is 3.97. The van der Waals surface area contributed by atoms with E-state index in [4.69, 9.17) is 4.74 Å². The van der Waals surface area contributed by atoms with Gasteiger partial charge in [0.15, 0.2) is 6.61 Å². The minimum atomic E-state index is -3.83. The van der Waals surface area contributed by atoms with E-state index in [1.54, 1.807) is 36.4 Å². The maximum Gasteiger partial charge on any atom is 0.338 e. The molecular formula is C22H18BrNO5S. The van der Waals surface area contributed by atoms with Crippen molar-refractivity contribution in [1.82, 2.24) is 4.72 Å². The highest BCUT2D eigenvalue weighted by molar-refractivity contribution is 9.10. The Hall–Kier alpha value is -2.81. The van der Waals surface area contributed by atoms with Crippen molar-refractivity contribution in [3.63, 3.8) is 0 Å². The van der Waals surface area contributed by atoms with Crippen LogP contribution in [0.5, 0.6) is 0 Å². The third kappa shape index (κ3) is 5.63. The van der Waals surface area contributed by atoms with Crippen molar-refractivity contribution in [2.75, 3.05) is 6.61 Å². The lowest BCUT2D eigenvalue weighted by atomic mass is 10.1. The van der Waals surface area contributed by atoms with E-state index in [-0.39, 0.29) is 22.8 Å². The van der Waals surface area contributed by atoms with Crippen molar-refractivity contribution >= 4 is 37.7 Å². The Kier molecular flexibility index (Phi) is 7.15. The molecule has 0 saturated heterocycles. The molecule has 0 bridgehead atoms. The standard InChI is InChI=1S/C22H18BrNO5S/c23-20-12-5-4-11-19(20)21(25)15-29-22(26)17-9-6-10-18(13-17)30(27,28)24-14-16-7-2-1-3-8-16/h1-13,24H,14-15H2. The number of ether oxygens (including phenoxy) is 1. The van der Waals surface area contributed by atoms with E-state index in [1.807, 2.05) is 18.2 Å². The van der Waals surface area contributed by atoms with Gasteiger partial charge in [0.25, 0.3) is 0 Å². The van der Waals surface area contributed by atoms with Gasteiger partial charge in [0.05, 0.1) is 10.5 Å². The predicted molar refractivity (Wildman–Crippen MR) is 116 cm³/mol. The summed E-state index contributed by atoms with van der Waals surface area (Å²) >= 11 is 3.28. The number of hydrogen-bond donors (Lipinski definition) is 1. The number of Topliss-reactive ketones (excluding diaryl/α,β-unsaturated/α-hetero) is 1. The molecule has 0 fully saturated rings. The summed E-state index contributed by atoms with van der Waals surface area (Å²) in [6.07, 6.45) is 0. The second kappa shape index (κ2) is 9.80. The van der Waals surface area contributed by atoms with Gasteiger partial charge < -0.3 is 4.74 Å². The largest absolute Gasteiger partial charge is 0.454 e. The highest BCUT2D eigenvalue weighted by atomic mass is 79.9. The van der Waals surface area contributed by atoms with E-state index >= 15 is 0 Å². The Morgan fingerprint density at radius 1 is 0.900 bits per heavy atom. The summed E-state index contributed by atoms with van der Waals surface area (Å²) in [7, 11) is -3.83. The van der Waals surface area contributed by atoms with Crippen LogP contribution in [-0.2, 0) is 21.3 Å². The van der Waals surface area contributed by atoms with Crippen LogP contribution in [0, 0.1) is 0 Å². The number of benzene rings is 3. The van der Waals surface area contributed by atoms with E-state index in [1.165, 1.54) is 24.3 Å². The van der Waals surface area contributed by atoms with Crippen LogP contribution in [0.3, 0.4) is 0 Å². The van der Waals surface area contributed by atoms with Crippen LogP contribution in [0.15, 0.2) is 88.2 Å². The van der Waals surface area contributed by atoms with Crippen LogP contribution in [-0.4, -0.2) is 26.8 Å². The summed E-state index contributed by atoms with van der Waals surface area (Å²) in [5.41, 5.74) is 1.24. The molecule has 0 radical (unpaired) electrons. The molecule has 6 nitrogen and oxygen atoms in total. The van der Waals surface area contributed by atoms with Crippen LogP contribution in [0.25, 0.3) is 0 Å². The van der Waals surface area contributed by atoms with Crippen molar-refractivity contribution in [3.8, 4) is 0 Å². The van der Waals surface area contributed by atoms with E-state index in [2.05, 4.69) is 20.7 Å². The number of hydrogen-bond acceptors (Lipinski definition) is 5. The van der Waals surface area contributed by atoms with E-state index in [0.717, 1.165) is 5.56 Å². The lowest BCUT2D eigenvalue weighted by Crippen LogP contribution is -2.23. The van der Waals surface area contributed by atoms with Gasteiger partial charge in [0.2, 0.25) is 15.8 Å². The number of carbonyl (C=O) groups excluding carboxylic acids is 2. The molecule has 1 N–H and O–H groups in total. The van der Waals surface area contributed by atoms with Crippen LogP contribution in [0.2, 0.25) is 0 Å². The Labute approximate surface area is 183 Å². The first-order valence-electron chi connectivity index (χ1n) is 8.95. The molecule has 0 amide bonds. The first-order chi connectivity index (χ1) is 14.4. The molecule has 0 aliphatic rings. The van der Waals surface area contributed by atoms with Gasteiger partial charge in [-0.2, -0.15) is 0 Å². The highest BCUT2D eigenvalue weighted by Gasteiger charge is 2.18. The molecule has 8 heteroatoms. The van der Waals surface area contributed by atoms with Crippen LogP contribution in [0.4, 0.5) is 0 Å². The number of rotatable bonds is 8. The summed E-state index contributed by atoms with van der Waals surface area (Å²) in [5, 5.41) is 0. The molecule has 0 heterocycles. The first-order valence-corrected chi connectivity index (χ1v) is 11.2. The number of ketones is 1. The van der Waals surface area contributed by atoms with Crippen molar-refractivity contribution in [2.24, 2.45) is 0 Å². The van der Waals surface area contributed by atoms with E-state index < -0.39 is 22.6 Å². The van der Waals surface area contributed by atoms with Crippen molar-refractivity contribution in [3.05, 3.63) is 100 Å². The topological polar surface area (TPSA) is 89.5 Å². The molecular weight excluding hydrogens is 470 g/mol. The summed E-state index contributed by atoms with van der Waals surface area (Å²) < 4.78 is 33.3. The molecule has 0 saturated carbocycles. The van der Waals surface area contributed by atoms with Gasteiger partial charge in [-0.05, 0) is 29.8 Å². The quantitative estimate of drug-likeness (QED) is 0.383. The smallest absolute Gasteiger partial charge is 0.338 e. The molecule has 0 aromatic heterocycles. The number of halogens is 1. The molecule has 0 spiro atoms. The third-order valence-electron chi connectivity index (χ3n) is 4.20. The average Bonchev–Trinajstić information content (AvgIpc) is 2.77. The minimum Gasteiger partial charge on any atom is -0.454 e. The fourth-order valence-corrected chi connectivity index (χ4v) is 4.20. The van der Waals surface area contributed by atoms with E-state index in [0.29, 0.717) is 10.0 Å². The molecule has 3 aromatic carbocycles. The average molecular weight is 488 g/mol. The summed E-state index contributed by atoms with van der Waals surface area (Å²) in [5.74, 6) is -1.15. The first kappa shape index (κ1) is 21.9. The SMILES string of the molecule is O=C(OCC(=O)c1ccccc1Br)c1cccc(S(=O)(=O)NCc2ccccc2)c1. The number of carbonyl (C=O) groups is 2. The summed E-state index contributed by atoms with van der Waals surface area (Å²) in [4.78, 5) is 24.5. The fraction of sp³-hybridized carbons (Fsp3) is 0.0909. The Bertz CT molecular complexity index is 1160. The van der Waals surface area contributed by atoms with Gasteiger partial charge in [0.1, 0.15) is 0 Å². The molecule has 154 valence electrons. The van der Waals surface area contributed by atoms with Crippen LogP contribution in [0.1, 0.15) is 26.3 Å². The number of nitrogens with one attached hydrogen (secondary N) is 1. The van der Waals surface area contributed by atoms with Crippen LogP contribution < -0.4 is 4.72 Å². The van der Waals surface area contributed by atoms with Gasteiger partial charge in [-0.15, -0.1) is 0 Å². The summed E-state index contributed by atoms with van der Waals surface area (Å²) in [6, 6.07) is 21.4. The van der Waals surface area contributed by atoms with Crippen molar-refractivity contribution in [2.45, 2.75) is 11.4 Å². The minimum absolute atomic E-state index is 0.0394. The monoisotopic (exact) mass is 487 g/mol. The third-order valence-corrected chi connectivity index (χ3v) is 6.29. The lowest BCUT2D eigenvalue weighted by molar-refractivity contribution is 0.0474. The van der Waals surface area contributed by atoms with Crippen LogP contribution >= 0.6 is 15.9 Å². The molecule has 0 aliphatic heterocycles. The van der Waals surface area contributed by atoms with Crippen molar-refractivity contribution < 1.29 is 22.7 Å². The second-order valence-corrected chi connectivity index (χ2v) is 8.94. The molecule has 30 heavy (non-hydrogen) atoms. The zero-order chi connectivity index (χ0) is 21.6. The number of esters is 1. The highest BCUT2D eigenvalue weighted by Crippen LogP contribution is 2.17. The van der Waals surface area contributed by atoms with Gasteiger partial charge in [0, 0.05) is 16.6 Å². The number of sulfonamides is 1. The summed E-state index contributed by atoms with van der Waals surface area (Å²) in [6.45, 7) is -0.330. The Morgan fingerprint density at radius 3 is 2.33 bits per heavy atom. The molecule has 3 rings (SSSR count). The van der Waals surface area contributed by atoms with Gasteiger partial charge in [-0.3, -0.25) is 4.79 Å². The zero-order valence-electron chi connectivity index (χ0n) is 15.7. The van der Waals surface area contributed by atoms with Crippen molar-refractivity contribution in [1.29, 1.82) is 0 Å².